The van der Waals surface area contributed by atoms with Crippen LogP contribution < -0.4 is 0 Å². The van der Waals surface area contributed by atoms with Gasteiger partial charge in [-0.05, 0) is 58.5 Å². The third-order valence-electron chi connectivity index (χ3n) is 2.81. The fraction of sp³-hybridized carbons (Fsp3) is 0.0667. The molecular weight excluding hydrogens is 394 g/mol. The number of ketones is 1. The molecule has 1 atom stereocenters. The summed E-state index contributed by atoms with van der Waals surface area (Å²) in [6.07, 6.45) is 0. The molecule has 0 aliphatic carbocycles. The quantitative estimate of drug-likeness (QED) is 0.572. The van der Waals surface area contributed by atoms with Crippen LogP contribution in [-0.2, 0) is 0 Å². The Kier molecular flexibility index (Phi) is 4.63. The number of nitriles is 1. The maximum atomic E-state index is 13.2. The van der Waals surface area contributed by atoms with Crippen molar-refractivity contribution in [3.63, 3.8) is 0 Å². The summed E-state index contributed by atoms with van der Waals surface area (Å²) in [6, 6.07) is 7.75. The van der Waals surface area contributed by atoms with Crippen molar-refractivity contribution in [2.45, 2.75) is 5.92 Å². The topological polar surface area (TPSA) is 40.9 Å². The molecule has 6 heteroatoms. The van der Waals surface area contributed by atoms with Crippen LogP contribution in [0.1, 0.15) is 21.8 Å². The van der Waals surface area contributed by atoms with Crippen LogP contribution in [0.25, 0.3) is 0 Å². The van der Waals surface area contributed by atoms with Gasteiger partial charge in [-0.15, -0.1) is 0 Å². The fourth-order valence-electron chi connectivity index (χ4n) is 1.87. The number of halogens is 4. The van der Waals surface area contributed by atoms with E-state index < -0.39 is 29.2 Å². The average Bonchev–Trinajstić information content (AvgIpc) is 2.38. The predicted molar refractivity (Wildman–Crippen MR) is 78.2 cm³/mol. The average molecular weight is 401 g/mol. The zero-order valence-corrected chi connectivity index (χ0v) is 12.6. The molecule has 0 aromatic heterocycles. The van der Waals surface area contributed by atoms with E-state index in [1.54, 1.807) is 28.7 Å². The van der Waals surface area contributed by atoms with Crippen molar-refractivity contribution in [3.05, 3.63) is 68.5 Å². The summed E-state index contributed by atoms with van der Waals surface area (Å²) >= 11 is 1.77. The highest BCUT2D eigenvalue weighted by molar-refractivity contribution is 14.1. The molecule has 0 bridgehead atoms. The first-order chi connectivity index (χ1) is 9.92. The number of benzene rings is 2. The van der Waals surface area contributed by atoms with Gasteiger partial charge in [-0.25, -0.2) is 13.2 Å². The lowest BCUT2D eigenvalue weighted by molar-refractivity contribution is 0.0978. The van der Waals surface area contributed by atoms with Gasteiger partial charge in [-0.3, -0.25) is 4.79 Å². The molecule has 0 heterocycles. The van der Waals surface area contributed by atoms with Gasteiger partial charge >= 0.3 is 0 Å². The van der Waals surface area contributed by atoms with Gasteiger partial charge in [-0.1, -0.05) is 0 Å². The highest BCUT2D eigenvalue weighted by Crippen LogP contribution is 2.25. The third kappa shape index (κ3) is 3.42. The summed E-state index contributed by atoms with van der Waals surface area (Å²) in [7, 11) is 0. The van der Waals surface area contributed by atoms with E-state index >= 15 is 0 Å². The van der Waals surface area contributed by atoms with Crippen molar-refractivity contribution < 1.29 is 18.0 Å². The number of nitrogens with zero attached hydrogens (tertiary/aromatic N) is 1. The molecule has 2 rings (SSSR count). The summed E-state index contributed by atoms with van der Waals surface area (Å²) in [5.74, 6) is -4.24. The molecule has 106 valence electrons. The van der Waals surface area contributed by atoms with E-state index in [-0.39, 0.29) is 11.1 Å². The first kappa shape index (κ1) is 15.5. The van der Waals surface area contributed by atoms with Crippen LogP contribution in [0.15, 0.2) is 36.4 Å². The molecule has 0 saturated carbocycles. The predicted octanol–water partition coefficient (Wildman–Crippen LogP) is 4.20. The zero-order chi connectivity index (χ0) is 15.6. The Labute approximate surface area is 132 Å². The number of hydrogen-bond acceptors (Lipinski definition) is 2. The van der Waals surface area contributed by atoms with E-state index in [0.717, 1.165) is 24.3 Å². The lowest BCUT2D eigenvalue weighted by Gasteiger charge is -2.10. The van der Waals surface area contributed by atoms with E-state index in [2.05, 4.69) is 0 Å². The monoisotopic (exact) mass is 401 g/mol. The first-order valence-corrected chi connectivity index (χ1v) is 6.85. The summed E-state index contributed by atoms with van der Waals surface area (Å²) in [6.45, 7) is 0. The Hall–Kier alpha value is -1.88. The van der Waals surface area contributed by atoms with Crippen LogP contribution in [-0.4, -0.2) is 5.78 Å². The molecular formula is C15H7F3INO. The van der Waals surface area contributed by atoms with Gasteiger partial charge in [0.25, 0.3) is 0 Å². The van der Waals surface area contributed by atoms with Gasteiger partial charge in [0.2, 0.25) is 0 Å². The van der Waals surface area contributed by atoms with Crippen LogP contribution in [0, 0.1) is 32.4 Å². The van der Waals surface area contributed by atoms with Crippen LogP contribution >= 0.6 is 22.6 Å². The maximum Gasteiger partial charge on any atom is 0.185 e. The van der Waals surface area contributed by atoms with Crippen molar-refractivity contribution in [2.24, 2.45) is 0 Å². The minimum atomic E-state index is -1.35. The molecule has 0 radical (unpaired) electrons. The van der Waals surface area contributed by atoms with E-state index in [4.69, 9.17) is 5.26 Å². The van der Waals surface area contributed by atoms with Gasteiger partial charge in [0.15, 0.2) is 5.78 Å². The Bertz CT molecular complexity index is 735. The van der Waals surface area contributed by atoms with Crippen LogP contribution in [0.5, 0.6) is 0 Å². The van der Waals surface area contributed by atoms with Gasteiger partial charge in [0.1, 0.15) is 23.4 Å². The Morgan fingerprint density at radius 3 is 2.19 bits per heavy atom. The number of carbonyl (C=O) groups excluding carboxylic acids is 1. The van der Waals surface area contributed by atoms with Crippen molar-refractivity contribution in [1.29, 1.82) is 5.26 Å². The van der Waals surface area contributed by atoms with Crippen LogP contribution in [0.2, 0.25) is 0 Å². The van der Waals surface area contributed by atoms with Gasteiger partial charge in [0, 0.05) is 15.2 Å². The minimum absolute atomic E-state index is 0.0693. The second-order valence-electron chi connectivity index (χ2n) is 4.25. The molecule has 21 heavy (non-hydrogen) atoms. The lowest BCUT2D eigenvalue weighted by atomic mass is 9.91. The van der Waals surface area contributed by atoms with Crippen molar-refractivity contribution in [1.82, 2.24) is 0 Å². The standard InChI is InChI=1S/C15H7F3INO/c16-9-1-2-12(14(19)6-9)15(21)13(7-20)8-3-10(17)5-11(18)4-8/h1-6,13H. The molecule has 0 aliphatic heterocycles. The van der Waals surface area contributed by atoms with Crippen molar-refractivity contribution in [3.8, 4) is 6.07 Å². The Balaban J connectivity index is 2.46. The smallest absolute Gasteiger partial charge is 0.185 e. The number of Topliss-reactive ketones (excluding diaryl/α,β-unsaturated/α-hetero) is 1. The van der Waals surface area contributed by atoms with Gasteiger partial charge in [0.05, 0.1) is 6.07 Å². The second-order valence-corrected chi connectivity index (χ2v) is 5.42. The molecule has 0 spiro atoms. The van der Waals surface area contributed by atoms with Crippen molar-refractivity contribution in [2.75, 3.05) is 0 Å². The number of hydrogen-bond donors (Lipinski definition) is 0. The van der Waals surface area contributed by atoms with Crippen LogP contribution in [0.3, 0.4) is 0 Å². The maximum absolute atomic E-state index is 13.2. The van der Waals surface area contributed by atoms with Crippen molar-refractivity contribution >= 4 is 28.4 Å². The summed E-state index contributed by atoms with van der Waals surface area (Å²) in [5.41, 5.74) is 0.0633. The second kappa shape index (κ2) is 6.26. The third-order valence-corrected chi connectivity index (χ3v) is 3.70. The van der Waals surface area contributed by atoms with E-state index in [9.17, 15) is 18.0 Å². The fourth-order valence-corrected chi connectivity index (χ4v) is 2.61. The normalized spacial score (nSPS) is 11.8. The summed E-state index contributed by atoms with van der Waals surface area (Å²) in [4.78, 5) is 12.3. The first-order valence-electron chi connectivity index (χ1n) is 5.77. The molecule has 0 aliphatic rings. The minimum Gasteiger partial charge on any atom is -0.292 e. The van der Waals surface area contributed by atoms with Gasteiger partial charge < -0.3 is 0 Å². The highest BCUT2D eigenvalue weighted by atomic mass is 127. The molecule has 2 nitrogen and oxygen atoms in total. The molecule has 2 aromatic carbocycles. The molecule has 0 N–H and O–H groups in total. The Morgan fingerprint density at radius 1 is 1.05 bits per heavy atom. The number of carbonyl (C=O) groups is 1. The van der Waals surface area contributed by atoms with E-state index in [1.165, 1.54) is 6.07 Å². The molecule has 0 amide bonds. The number of rotatable bonds is 3. The summed E-state index contributed by atoms with van der Waals surface area (Å²) < 4.78 is 39.8. The van der Waals surface area contributed by atoms with E-state index in [0.29, 0.717) is 9.64 Å². The molecule has 0 fully saturated rings. The van der Waals surface area contributed by atoms with Gasteiger partial charge in [-0.2, -0.15) is 5.26 Å². The Morgan fingerprint density at radius 2 is 1.67 bits per heavy atom. The van der Waals surface area contributed by atoms with E-state index in [1.807, 2.05) is 0 Å². The highest BCUT2D eigenvalue weighted by Gasteiger charge is 2.24. The molecule has 2 aromatic rings. The zero-order valence-electron chi connectivity index (χ0n) is 10.4. The summed E-state index contributed by atoms with van der Waals surface area (Å²) in [5, 5.41) is 9.15. The van der Waals surface area contributed by atoms with Crippen LogP contribution in [0.4, 0.5) is 13.2 Å². The lowest BCUT2D eigenvalue weighted by Crippen LogP contribution is -2.13. The molecule has 1 unspecified atom stereocenters. The SMILES string of the molecule is N#CC(C(=O)c1ccc(F)cc1I)c1cc(F)cc(F)c1. The largest absolute Gasteiger partial charge is 0.292 e. The molecule has 0 saturated heterocycles.